The van der Waals surface area contributed by atoms with Crippen LogP contribution >= 0.6 is 11.3 Å². The molecule has 0 atom stereocenters. The largest absolute Gasteiger partial charge is 0.436 e. The molecule has 3 aromatic heterocycles. The smallest absolute Gasteiger partial charge is 0.227 e. The lowest BCUT2D eigenvalue weighted by molar-refractivity contribution is 0.620. The lowest BCUT2D eigenvalue weighted by atomic mass is 10.00. The number of fused-ring (bicyclic) bond motifs is 4. The highest BCUT2D eigenvalue weighted by Gasteiger charge is 2.17. The van der Waals surface area contributed by atoms with Crippen molar-refractivity contribution in [3.8, 4) is 56.5 Å². The minimum atomic E-state index is 0.609. The Bertz CT molecular complexity index is 2530. The predicted octanol–water partition coefficient (Wildman–Crippen LogP) is 11.3. The summed E-state index contributed by atoms with van der Waals surface area (Å²) < 4.78 is 8.70. The van der Waals surface area contributed by atoms with Gasteiger partial charge in [0.05, 0.1) is 11.4 Å². The molecule has 6 aromatic carbocycles. The Morgan fingerprint density at radius 2 is 1.11 bits per heavy atom. The molecule has 4 nitrogen and oxygen atoms in total. The quantitative estimate of drug-likeness (QED) is 0.195. The van der Waals surface area contributed by atoms with Gasteiger partial charge in [0.15, 0.2) is 11.4 Å². The number of oxazole rings is 1. The zero-order valence-electron chi connectivity index (χ0n) is 24.6. The standard InChI is InChI=1S/C41H25N3OS/c1-3-12-26(13-4-1)33-25-34(31-20-11-23-37-38(31)32-18-7-8-22-36(32)46-37)43-40(42-33)29-17-9-16-28(24-29)30-19-10-21-35-39(30)44-41(45-35)27-14-5-2-6-15-27/h1-25H. The maximum absolute atomic E-state index is 6.18. The van der Waals surface area contributed by atoms with Gasteiger partial charge in [0.1, 0.15) is 5.52 Å². The van der Waals surface area contributed by atoms with Gasteiger partial charge in [-0.25, -0.2) is 15.0 Å². The summed E-state index contributed by atoms with van der Waals surface area (Å²) >= 11 is 1.82. The summed E-state index contributed by atoms with van der Waals surface area (Å²) in [4.78, 5) is 15.3. The highest BCUT2D eigenvalue weighted by atomic mass is 32.1. The topological polar surface area (TPSA) is 51.8 Å². The second-order valence-corrected chi connectivity index (χ2v) is 12.3. The van der Waals surface area contributed by atoms with Gasteiger partial charge in [0.2, 0.25) is 5.89 Å². The van der Waals surface area contributed by atoms with Crippen molar-refractivity contribution in [3.05, 3.63) is 152 Å². The third kappa shape index (κ3) is 4.57. The van der Waals surface area contributed by atoms with Crippen molar-refractivity contribution in [2.45, 2.75) is 0 Å². The first kappa shape index (κ1) is 26.5. The fraction of sp³-hybridized carbons (Fsp3) is 0. The van der Waals surface area contributed by atoms with Crippen LogP contribution in [0.15, 0.2) is 156 Å². The van der Waals surface area contributed by atoms with Crippen LogP contribution in [-0.2, 0) is 0 Å². The van der Waals surface area contributed by atoms with E-state index in [9.17, 15) is 0 Å². The van der Waals surface area contributed by atoms with Crippen LogP contribution in [-0.4, -0.2) is 15.0 Å². The van der Waals surface area contributed by atoms with Crippen molar-refractivity contribution < 1.29 is 4.42 Å². The van der Waals surface area contributed by atoms with Crippen LogP contribution in [0.5, 0.6) is 0 Å². The molecule has 3 heterocycles. The third-order valence-corrected chi connectivity index (χ3v) is 9.48. The first-order valence-corrected chi connectivity index (χ1v) is 16.0. The van der Waals surface area contributed by atoms with Gasteiger partial charge in [0, 0.05) is 48.0 Å². The Balaban J connectivity index is 1.22. The Morgan fingerprint density at radius 3 is 1.98 bits per heavy atom. The zero-order valence-corrected chi connectivity index (χ0v) is 25.4. The molecule has 0 aliphatic rings. The fourth-order valence-electron chi connectivity index (χ4n) is 6.17. The van der Waals surface area contributed by atoms with Crippen LogP contribution < -0.4 is 0 Å². The Hall–Kier alpha value is -5.91. The van der Waals surface area contributed by atoms with Gasteiger partial charge in [-0.05, 0) is 48.0 Å². The van der Waals surface area contributed by atoms with Crippen LogP contribution in [0.3, 0.4) is 0 Å². The molecular weight excluding hydrogens is 583 g/mol. The summed E-state index contributed by atoms with van der Waals surface area (Å²) in [5.41, 5.74) is 9.42. The van der Waals surface area contributed by atoms with E-state index < -0.39 is 0 Å². The number of rotatable bonds is 5. The van der Waals surface area contributed by atoms with Crippen LogP contribution in [0.2, 0.25) is 0 Å². The molecule has 0 saturated heterocycles. The summed E-state index contributed by atoms with van der Waals surface area (Å²) in [6.07, 6.45) is 0. The van der Waals surface area contributed by atoms with Crippen molar-refractivity contribution in [1.29, 1.82) is 0 Å². The molecule has 9 rings (SSSR count). The average molecular weight is 608 g/mol. The van der Waals surface area contributed by atoms with Crippen LogP contribution in [0.25, 0.3) is 87.8 Å². The van der Waals surface area contributed by atoms with Crippen LogP contribution in [0.4, 0.5) is 0 Å². The minimum Gasteiger partial charge on any atom is -0.436 e. The number of thiophene rings is 1. The molecule has 0 aliphatic carbocycles. The molecule has 0 spiro atoms. The molecular formula is C41H25N3OS. The van der Waals surface area contributed by atoms with Crippen LogP contribution in [0, 0.1) is 0 Å². The van der Waals surface area contributed by atoms with Gasteiger partial charge in [-0.2, -0.15) is 0 Å². The number of aromatic nitrogens is 3. The normalized spacial score (nSPS) is 11.5. The zero-order chi connectivity index (χ0) is 30.5. The fourth-order valence-corrected chi connectivity index (χ4v) is 7.30. The molecule has 0 N–H and O–H groups in total. The van der Waals surface area contributed by atoms with E-state index in [0.717, 1.165) is 55.9 Å². The number of nitrogens with zero attached hydrogens (tertiary/aromatic N) is 3. The van der Waals surface area contributed by atoms with Gasteiger partial charge >= 0.3 is 0 Å². The molecule has 0 fully saturated rings. The van der Waals surface area contributed by atoms with Crippen molar-refractivity contribution >= 4 is 42.6 Å². The van der Waals surface area contributed by atoms with E-state index in [4.69, 9.17) is 19.4 Å². The number of hydrogen-bond acceptors (Lipinski definition) is 5. The lowest BCUT2D eigenvalue weighted by Gasteiger charge is -2.11. The molecule has 0 radical (unpaired) electrons. The van der Waals surface area contributed by atoms with Crippen molar-refractivity contribution in [1.82, 2.24) is 15.0 Å². The van der Waals surface area contributed by atoms with Gasteiger partial charge in [-0.3, -0.25) is 0 Å². The Morgan fingerprint density at radius 1 is 0.457 bits per heavy atom. The summed E-state index contributed by atoms with van der Waals surface area (Å²) in [7, 11) is 0. The summed E-state index contributed by atoms with van der Waals surface area (Å²) in [5, 5.41) is 2.48. The van der Waals surface area contributed by atoms with Gasteiger partial charge in [-0.15, -0.1) is 11.3 Å². The molecule has 0 aliphatic heterocycles. The van der Waals surface area contributed by atoms with Gasteiger partial charge in [0.25, 0.3) is 0 Å². The van der Waals surface area contributed by atoms with E-state index in [1.54, 1.807) is 0 Å². The predicted molar refractivity (Wildman–Crippen MR) is 190 cm³/mol. The van der Waals surface area contributed by atoms with Crippen molar-refractivity contribution in [2.75, 3.05) is 0 Å². The minimum absolute atomic E-state index is 0.609. The second-order valence-electron chi connectivity index (χ2n) is 11.2. The molecule has 0 unspecified atom stereocenters. The number of benzene rings is 6. The van der Waals surface area contributed by atoms with Crippen molar-refractivity contribution in [2.24, 2.45) is 0 Å². The second kappa shape index (κ2) is 10.9. The highest BCUT2D eigenvalue weighted by molar-refractivity contribution is 7.25. The first-order valence-electron chi connectivity index (χ1n) is 15.2. The SMILES string of the molecule is c1ccc(-c2cc(-c3cccc4sc5ccccc5c34)nc(-c3cccc(-c4cccc5oc(-c6ccccc6)nc45)c3)n2)cc1. The molecule has 0 amide bonds. The van der Waals surface area contributed by atoms with E-state index in [0.29, 0.717) is 11.7 Å². The van der Waals surface area contributed by atoms with E-state index in [1.807, 2.05) is 72.0 Å². The van der Waals surface area contributed by atoms with Crippen molar-refractivity contribution in [3.63, 3.8) is 0 Å². The number of para-hydroxylation sites is 1. The van der Waals surface area contributed by atoms with E-state index >= 15 is 0 Å². The Kier molecular flexibility index (Phi) is 6.28. The van der Waals surface area contributed by atoms with Gasteiger partial charge < -0.3 is 4.42 Å². The molecule has 5 heteroatoms. The molecule has 0 bridgehead atoms. The summed E-state index contributed by atoms with van der Waals surface area (Å²) in [5.74, 6) is 1.28. The summed E-state index contributed by atoms with van der Waals surface area (Å²) in [6, 6.07) is 52.0. The number of hydrogen-bond donors (Lipinski definition) is 0. The average Bonchev–Trinajstić information content (AvgIpc) is 3.74. The van der Waals surface area contributed by atoms with Gasteiger partial charge in [-0.1, -0.05) is 109 Å². The van der Waals surface area contributed by atoms with Crippen LogP contribution in [0.1, 0.15) is 0 Å². The van der Waals surface area contributed by atoms with E-state index in [1.165, 1.54) is 20.2 Å². The summed E-state index contributed by atoms with van der Waals surface area (Å²) in [6.45, 7) is 0. The first-order chi connectivity index (χ1) is 22.8. The molecule has 0 saturated carbocycles. The maximum atomic E-state index is 6.18. The maximum Gasteiger partial charge on any atom is 0.227 e. The molecule has 216 valence electrons. The van der Waals surface area contributed by atoms with E-state index in [2.05, 4.69) is 91.0 Å². The monoisotopic (exact) mass is 607 g/mol. The van der Waals surface area contributed by atoms with E-state index in [-0.39, 0.29) is 0 Å². The lowest BCUT2D eigenvalue weighted by Crippen LogP contribution is -1.96. The molecule has 9 aromatic rings. The highest BCUT2D eigenvalue weighted by Crippen LogP contribution is 2.41. The Labute approximate surface area is 269 Å². The molecule has 46 heavy (non-hydrogen) atoms. The third-order valence-electron chi connectivity index (χ3n) is 8.35.